The van der Waals surface area contributed by atoms with Crippen LogP contribution in [-0.2, 0) is 0 Å². The highest BCUT2D eigenvalue weighted by Gasteiger charge is 2.12. The smallest absolute Gasteiger partial charge is 0.131 e. The normalized spacial score (nSPS) is 10.6. The van der Waals surface area contributed by atoms with Gasteiger partial charge in [0.1, 0.15) is 11.6 Å². The highest BCUT2D eigenvalue weighted by Crippen LogP contribution is 2.33. The molecule has 0 aliphatic heterocycles. The molecule has 0 nitrogen and oxygen atoms in total. The van der Waals surface area contributed by atoms with Crippen molar-refractivity contribution in [1.82, 2.24) is 0 Å². The molecule has 0 bridgehead atoms. The van der Waals surface area contributed by atoms with Crippen LogP contribution in [0.5, 0.6) is 0 Å². The van der Waals surface area contributed by atoms with Crippen LogP contribution in [0, 0.1) is 17.7 Å². The zero-order chi connectivity index (χ0) is 14.8. The van der Waals surface area contributed by atoms with Crippen LogP contribution in [-0.4, -0.2) is 0 Å². The van der Waals surface area contributed by atoms with Crippen LogP contribution < -0.4 is 0 Å². The van der Waals surface area contributed by atoms with Gasteiger partial charge in [0.05, 0.1) is 0 Å². The summed E-state index contributed by atoms with van der Waals surface area (Å²) in [6.45, 7) is 0. The first kappa shape index (κ1) is 13.8. The summed E-state index contributed by atoms with van der Waals surface area (Å²) in [6.07, 6.45) is 0. The van der Waals surface area contributed by atoms with Crippen molar-refractivity contribution in [3.05, 3.63) is 83.4 Å². The van der Waals surface area contributed by atoms with Crippen LogP contribution >= 0.6 is 11.6 Å². The van der Waals surface area contributed by atoms with E-state index < -0.39 is 0 Å². The van der Waals surface area contributed by atoms with E-state index in [0.717, 1.165) is 0 Å². The van der Waals surface area contributed by atoms with Crippen molar-refractivity contribution in [2.75, 3.05) is 0 Å². The first-order valence-corrected chi connectivity index (χ1v) is 6.76. The lowest BCUT2D eigenvalue weighted by atomic mass is 9.98. The number of hydrogen-bond acceptors (Lipinski definition) is 0. The molecule has 0 fully saturated rings. The third-order valence-corrected chi connectivity index (χ3v) is 3.52. The molecule has 0 saturated carbocycles. The third-order valence-electron chi connectivity index (χ3n) is 3.20. The standard InChI is InChI=1S/C18H10ClF2/c19-16-10-9-12(13-5-1-3-7-17(13)20)11-15(16)14-6-2-4-8-18(14)21/h1-10H. The van der Waals surface area contributed by atoms with Gasteiger partial charge in [0.2, 0.25) is 0 Å². The van der Waals surface area contributed by atoms with Gasteiger partial charge in [0, 0.05) is 27.8 Å². The fraction of sp³-hybridized carbons (Fsp3) is 0. The highest BCUT2D eigenvalue weighted by atomic mass is 35.5. The van der Waals surface area contributed by atoms with Crippen molar-refractivity contribution in [3.63, 3.8) is 0 Å². The molecule has 0 unspecified atom stereocenters. The second kappa shape index (κ2) is 5.66. The van der Waals surface area contributed by atoms with Crippen molar-refractivity contribution >= 4 is 11.6 Å². The zero-order valence-corrected chi connectivity index (χ0v) is 11.7. The minimum Gasteiger partial charge on any atom is -0.206 e. The Labute approximate surface area is 126 Å². The molecule has 21 heavy (non-hydrogen) atoms. The van der Waals surface area contributed by atoms with Crippen LogP contribution in [0.1, 0.15) is 0 Å². The van der Waals surface area contributed by atoms with Crippen molar-refractivity contribution in [2.45, 2.75) is 0 Å². The largest absolute Gasteiger partial charge is 0.206 e. The molecule has 1 radical (unpaired) electrons. The summed E-state index contributed by atoms with van der Waals surface area (Å²) in [6, 6.07) is 19.0. The molecule has 3 heteroatoms. The van der Waals surface area contributed by atoms with E-state index in [2.05, 4.69) is 6.07 Å². The van der Waals surface area contributed by atoms with Gasteiger partial charge < -0.3 is 0 Å². The van der Waals surface area contributed by atoms with Gasteiger partial charge in [-0.25, -0.2) is 8.78 Å². The fourth-order valence-corrected chi connectivity index (χ4v) is 2.38. The Morgan fingerprint density at radius 3 is 1.90 bits per heavy atom. The summed E-state index contributed by atoms with van der Waals surface area (Å²) >= 11 is 6.14. The lowest BCUT2D eigenvalue weighted by Gasteiger charge is -2.09. The Hall–Kier alpha value is -2.19. The molecule has 3 rings (SSSR count). The van der Waals surface area contributed by atoms with E-state index in [9.17, 15) is 8.78 Å². The van der Waals surface area contributed by atoms with Gasteiger partial charge >= 0.3 is 0 Å². The van der Waals surface area contributed by atoms with Gasteiger partial charge in [-0.2, -0.15) is 0 Å². The number of halogens is 3. The second-order valence-electron chi connectivity index (χ2n) is 4.55. The molecule has 0 aromatic heterocycles. The summed E-state index contributed by atoms with van der Waals surface area (Å²) in [5, 5.41) is 0.375. The van der Waals surface area contributed by atoms with E-state index in [4.69, 9.17) is 11.6 Å². The van der Waals surface area contributed by atoms with E-state index >= 15 is 0 Å². The van der Waals surface area contributed by atoms with Gasteiger partial charge in [-0.3, -0.25) is 0 Å². The molecular formula is C18H10ClF2. The Balaban J connectivity index is 2.18. The van der Waals surface area contributed by atoms with Crippen LogP contribution in [0.15, 0.2) is 60.7 Å². The van der Waals surface area contributed by atoms with Crippen molar-refractivity contribution in [2.24, 2.45) is 0 Å². The second-order valence-corrected chi connectivity index (χ2v) is 4.96. The van der Waals surface area contributed by atoms with Crippen LogP contribution in [0.4, 0.5) is 8.78 Å². The lowest BCUT2D eigenvalue weighted by molar-refractivity contribution is 0.631. The predicted octanol–water partition coefficient (Wildman–Crippen LogP) is 5.75. The minimum atomic E-state index is -0.388. The maximum Gasteiger partial charge on any atom is 0.131 e. The average molecular weight is 300 g/mol. The molecule has 0 atom stereocenters. The van der Waals surface area contributed by atoms with Crippen LogP contribution in [0.2, 0.25) is 5.02 Å². The van der Waals surface area contributed by atoms with Gasteiger partial charge in [-0.15, -0.1) is 0 Å². The molecule has 0 amide bonds. The van der Waals surface area contributed by atoms with Crippen molar-refractivity contribution in [3.8, 4) is 22.3 Å². The number of rotatable bonds is 2. The molecule has 0 saturated heterocycles. The summed E-state index contributed by atoms with van der Waals surface area (Å²) in [5.74, 6) is -0.739. The maximum atomic E-state index is 13.9. The summed E-state index contributed by atoms with van der Waals surface area (Å²) in [4.78, 5) is 0. The Bertz CT molecular complexity index is 797. The Morgan fingerprint density at radius 2 is 1.29 bits per heavy atom. The van der Waals surface area contributed by atoms with E-state index in [1.54, 1.807) is 48.5 Å². The molecule has 103 valence electrons. The molecule has 0 aliphatic carbocycles. The number of benzene rings is 3. The minimum absolute atomic E-state index is 0.348. The quantitative estimate of drug-likeness (QED) is 0.565. The maximum absolute atomic E-state index is 13.9. The third kappa shape index (κ3) is 2.67. The first-order chi connectivity index (χ1) is 10.2. The van der Waals surface area contributed by atoms with Gasteiger partial charge in [0.15, 0.2) is 0 Å². The monoisotopic (exact) mass is 299 g/mol. The van der Waals surface area contributed by atoms with E-state index in [0.29, 0.717) is 27.3 Å². The van der Waals surface area contributed by atoms with Crippen molar-refractivity contribution in [1.29, 1.82) is 0 Å². The topological polar surface area (TPSA) is 0 Å². The van der Waals surface area contributed by atoms with Gasteiger partial charge in [0.25, 0.3) is 0 Å². The summed E-state index contributed by atoms with van der Waals surface area (Å²) in [5.41, 5.74) is 1.72. The summed E-state index contributed by atoms with van der Waals surface area (Å²) in [7, 11) is 0. The highest BCUT2D eigenvalue weighted by molar-refractivity contribution is 6.33. The summed E-state index contributed by atoms with van der Waals surface area (Å²) < 4.78 is 27.8. The Kier molecular flexibility index (Phi) is 3.72. The van der Waals surface area contributed by atoms with Crippen molar-refractivity contribution < 1.29 is 8.78 Å². The molecule has 3 aromatic carbocycles. The number of hydrogen-bond donors (Lipinski definition) is 0. The van der Waals surface area contributed by atoms with Crippen LogP contribution in [0.25, 0.3) is 22.3 Å². The Morgan fingerprint density at radius 1 is 0.714 bits per heavy atom. The molecule has 0 N–H and O–H groups in total. The van der Waals surface area contributed by atoms with Crippen LogP contribution in [0.3, 0.4) is 0 Å². The van der Waals surface area contributed by atoms with E-state index in [1.807, 2.05) is 0 Å². The van der Waals surface area contributed by atoms with Gasteiger partial charge in [-0.1, -0.05) is 54.1 Å². The average Bonchev–Trinajstić information content (AvgIpc) is 2.49. The molecule has 0 spiro atoms. The molecule has 3 aromatic rings. The SMILES string of the molecule is Fc1ccccc1-c1[c]c(-c2ccccc2F)c(Cl)cc1. The van der Waals surface area contributed by atoms with Gasteiger partial charge in [-0.05, 0) is 23.8 Å². The lowest BCUT2D eigenvalue weighted by Crippen LogP contribution is -1.89. The van der Waals surface area contributed by atoms with E-state index in [-0.39, 0.29) is 11.6 Å². The molecule has 0 heterocycles. The molecular weight excluding hydrogens is 290 g/mol. The first-order valence-electron chi connectivity index (χ1n) is 6.38. The fourth-order valence-electron chi connectivity index (χ4n) is 2.17. The predicted molar refractivity (Wildman–Crippen MR) is 81.1 cm³/mol. The zero-order valence-electron chi connectivity index (χ0n) is 10.9. The van der Waals surface area contributed by atoms with E-state index in [1.165, 1.54) is 12.1 Å². The molecule has 0 aliphatic rings.